The van der Waals surface area contributed by atoms with Crippen molar-refractivity contribution < 1.29 is 4.79 Å². The van der Waals surface area contributed by atoms with Crippen LogP contribution in [0.25, 0.3) is 0 Å². The summed E-state index contributed by atoms with van der Waals surface area (Å²) in [5.41, 5.74) is 3.79. The summed E-state index contributed by atoms with van der Waals surface area (Å²) in [5.74, 6) is -0.290. The van der Waals surface area contributed by atoms with Gasteiger partial charge in [0.25, 0.3) is 11.5 Å². The Kier molecular flexibility index (Phi) is 3.33. The second kappa shape index (κ2) is 5.28. The fraction of sp³-hybridized carbons (Fsp3) is 0.267. The number of H-pyrrole nitrogens is 1. The van der Waals surface area contributed by atoms with Crippen molar-refractivity contribution in [2.45, 2.75) is 25.8 Å². The molecule has 1 aromatic carbocycles. The highest BCUT2D eigenvalue weighted by atomic mass is 16.2. The van der Waals surface area contributed by atoms with E-state index in [1.165, 1.54) is 29.7 Å². The van der Waals surface area contributed by atoms with Crippen LogP contribution >= 0.6 is 0 Å². The maximum absolute atomic E-state index is 11.9. The largest absolute Gasteiger partial charge is 0.347 e. The molecular weight excluding hydrogens is 254 g/mol. The van der Waals surface area contributed by atoms with Crippen molar-refractivity contribution >= 4 is 5.91 Å². The third-order valence-electron chi connectivity index (χ3n) is 3.53. The van der Waals surface area contributed by atoms with Crippen LogP contribution in [0.2, 0.25) is 0 Å². The summed E-state index contributed by atoms with van der Waals surface area (Å²) in [5, 5.41) is 8.75. The van der Waals surface area contributed by atoms with E-state index in [2.05, 4.69) is 27.6 Å². The lowest BCUT2D eigenvalue weighted by atomic mass is 10.1. The molecule has 1 amide bonds. The number of hydrogen-bond acceptors (Lipinski definition) is 3. The van der Waals surface area contributed by atoms with Crippen molar-refractivity contribution in [2.75, 3.05) is 0 Å². The first-order valence-electron chi connectivity index (χ1n) is 6.67. The molecule has 0 radical (unpaired) electrons. The fourth-order valence-corrected chi connectivity index (χ4v) is 2.48. The first kappa shape index (κ1) is 12.6. The summed E-state index contributed by atoms with van der Waals surface area (Å²) < 4.78 is 0. The molecule has 2 aromatic rings. The Bertz CT molecular complexity index is 686. The van der Waals surface area contributed by atoms with Gasteiger partial charge < -0.3 is 5.32 Å². The molecule has 1 heterocycles. The number of nitrogens with zero attached hydrogens (tertiary/aromatic N) is 1. The summed E-state index contributed by atoms with van der Waals surface area (Å²) in [6.45, 7) is 0.465. The topological polar surface area (TPSA) is 74.8 Å². The fourth-order valence-electron chi connectivity index (χ4n) is 2.48. The predicted molar refractivity (Wildman–Crippen MR) is 74.5 cm³/mol. The van der Waals surface area contributed by atoms with Crippen LogP contribution in [0, 0.1) is 0 Å². The third kappa shape index (κ3) is 2.61. The molecule has 0 aliphatic heterocycles. The first-order chi connectivity index (χ1) is 9.72. The van der Waals surface area contributed by atoms with E-state index < -0.39 is 0 Å². The second-order valence-corrected chi connectivity index (χ2v) is 4.95. The van der Waals surface area contributed by atoms with Gasteiger partial charge in [-0.3, -0.25) is 9.59 Å². The van der Waals surface area contributed by atoms with E-state index in [0.717, 1.165) is 18.4 Å². The molecule has 0 atom stereocenters. The van der Waals surface area contributed by atoms with Crippen LogP contribution in [0.15, 0.2) is 35.1 Å². The number of hydrogen-bond donors (Lipinski definition) is 2. The lowest BCUT2D eigenvalue weighted by Crippen LogP contribution is -2.25. The van der Waals surface area contributed by atoms with Crippen molar-refractivity contribution in [3.05, 3.63) is 63.1 Å². The number of aryl methyl sites for hydroxylation is 2. The highest BCUT2D eigenvalue weighted by molar-refractivity contribution is 5.91. The Labute approximate surface area is 116 Å². The SMILES string of the molecule is O=C(NCc1ccc2c(c1)CCC2)c1ccc(=O)[nH]n1. The molecule has 0 unspecified atom stereocenters. The summed E-state index contributed by atoms with van der Waals surface area (Å²) >= 11 is 0. The highest BCUT2D eigenvalue weighted by Gasteiger charge is 2.11. The standard InChI is InChI=1S/C15H15N3O2/c19-14-7-6-13(17-18-14)15(20)16-9-10-4-5-11-2-1-3-12(11)8-10/h4-8H,1-3,9H2,(H,16,20)(H,18,19). The van der Waals surface area contributed by atoms with Crippen LogP contribution in [0.5, 0.6) is 0 Å². The molecule has 1 aromatic heterocycles. The number of benzene rings is 1. The van der Waals surface area contributed by atoms with Gasteiger partial charge in [0.05, 0.1) is 0 Å². The Hall–Kier alpha value is -2.43. The zero-order valence-electron chi connectivity index (χ0n) is 11.0. The zero-order valence-corrected chi connectivity index (χ0v) is 11.0. The van der Waals surface area contributed by atoms with Crippen LogP contribution in [0.4, 0.5) is 0 Å². The van der Waals surface area contributed by atoms with E-state index in [9.17, 15) is 9.59 Å². The van der Waals surface area contributed by atoms with Gasteiger partial charge in [-0.15, -0.1) is 0 Å². The Morgan fingerprint density at radius 2 is 2.05 bits per heavy atom. The van der Waals surface area contributed by atoms with Gasteiger partial charge in [0.1, 0.15) is 5.69 Å². The van der Waals surface area contributed by atoms with E-state index in [4.69, 9.17) is 0 Å². The Morgan fingerprint density at radius 1 is 1.20 bits per heavy atom. The molecule has 3 rings (SSSR count). The maximum Gasteiger partial charge on any atom is 0.271 e. The highest BCUT2D eigenvalue weighted by Crippen LogP contribution is 2.22. The lowest BCUT2D eigenvalue weighted by Gasteiger charge is -2.06. The minimum absolute atomic E-state index is 0.214. The van der Waals surface area contributed by atoms with Gasteiger partial charge in [0.15, 0.2) is 0 Å². The first-order valence-corrected chi connectivity index (χ1v) is 6.67. The lowest BCUT2D eigenvalue weighted by molar-refractivity contribution is 0.0945. The molecule has 0 fully saturated rings. The molecule has 1 aliphatic rings. The molecule has 0 saturated heterocycles. The average Bonchev–Trinajstić information content (AvgIpc) is 2.93. The number of aromatic amines is 1. The van der Waals surface area contributed by atoms with Gasteiger partial charge in [-0.1, -0.05) is 18.2 Å². The van der Waals surface area contributed by atoms with E-state index in [0.29, 0.717) is 6.54 Å². The normalized spacial score (nSPS) is 13.0. The van der Waals surface area contributed by atoms with Gasteiger partial charge in [0.2, 0.25) is 0 Å². The minimum atomic E-state index is -0.319. The molecule has 1 aliphatic carbocycles. The van der Waals surface area contributed by atoms with E-state index >= 15 is 0 Å². The average molecular weight is 269 g/mol. The van der Waals surface area contributed by atoms with Crippen molar-refractivity contribution in [2.24, 2.45) is 0 Å². The number of rotatable bonds is 3. The Morgan fingerprint density at radius 3 is 2.85 bits per heavy atom. The summed E-state index contributed by atoms with van der Waals surface area (Å²) in [6, 6.07) is 9.05. The van der Waals surface area contributed by atoms with Gasteiger partial charge in [-0.2, -0.15) is 5.10 Å². The van der Waals surface area contributed by atoms with Crippen molar-refractivity contribution in [3.8, 4) is 0 Å². The number of carbonyl (C=O) groups excluding carboxylic acids is 1. The number of nitrogens with one attached hydrogen (secondary N) is 2. The molecule has 20 heavy (non-hydrogen) atoms. The number of amides is 1. The Balaban J connectivity index is 1.66. The van der Waals surface area contributed by atoms with Crippen LogP contribution < -0.4 is 10.9 Å². The molecule has 0 bridgehead atoms. The monoisotopic (exact) mass is 269 g/mol. The minimum Gasteiger partial charge on any atom is -0.347 e. The van der Waals surface area contributed by atoms with Crippen molar-refractivity contribution in [3.63, 3.8) is 0 Å². The third-order valence-corrected chi connectivity index (χ3v) is 3.53. The van der Waals surface area contributed by atoms with E-state index in [1.807, 2.05) is 6.07 Å². The maximum atomic E-state index is 11.9. The summed E-state index contributed by atoms with van der Waals surface area (Å²) in [7, 11) is 0. The summed E-state index contributed by atoms with van der Waals surface area (Å²) in [6.07, 6.45) is 3.49. The van der Waals surface area contributed by atoms with Crippen molar-refractivity contribution in [1.82, 2.24) is 15.5 Å². The van der Waals surface area contributed by atoms with Gasteiger partial charge in [-0.05, 0) is 42.0 Å². The molecular formula is C15H15N3O2. The molecule has 5 heteroatoms. The molecule has 0 saturated carbocycles. The van der Waals surface area contributed by atoms with Crippen LogP contribution in [-0.4, -0.2) is 16.1 Å². The van der Waals surface area contributed by atoms with Gasteiger partial charge in [-0.25, -0.2) is 5.10 Å². The zero-order chi connectivity index (χ0) is 13.9. The van der Waals surface area contributed by atoms with Crippen LogP contribution in [-0.2, 0) is 19.4 Å². The molecule has 2 N–H and O–H groups in total. The van der Waals surface area contributed by atoms with E-state index in [-0.39, 0.29) is 17.2 Å². The number of fused-ring (bicyclic) bond motifs is 1. The second-order valence-electron chi connectivity index (χ2n) is 4.95. The molecule has 102 valence electrons. The quantitative estimate of drug-likeness (QED) is 0.879. The van der Waals surface area contributed by atoms with E-state index in [1.54, 1.807) is 0 Å². The van der Waals surface area contributed by atoms with Gasteiger partial charge >= 0.3 is 0 Å². The smallest absolute Gasteiger partial charge is 0.271 e. The predicted octanol–water partition coefficient (Wildman–Crippen LogP) is 1.19. The van der Waals surface area contributed by atoms with Crippen LogP contribution in [0.3, 0.4) is 0 Å². The van der Waals surface area contributed by atoms with Gasteiger partial charge in [0, 0.05) is 12.6 Å². The van der Waals surface area contributed by atoms with Crippen molar-refractivity contribution in [1.29, 1.82) is 0 Å². The molecule has 0 spiro atoms. The number of aromatic nitrogens is 2. The molecule has 5 nitrogen and oxygen atoms in total. The summed E-state index contributed by atoms with van der Waals surface area (Å²) in [4.78, 5) is 22.7. The van der Waals surface area contributed by atoms with Crippen LogP contribution in [0.1, 0.15) is 33.6 Å². The number of carbonyl (C=O) groups is 1.